The lowest BCUT2D eigenvalue weighted by Gasteiger charge is -2.19. The Bertz CT molecular complexity index is 1000. The van der Waals surface area contributed by atoms with Gasteiger partial charge in [0.2, 0.25) is 5.91 Å². The summed E-state index contributed by atoms with van der Waals surface area (Å²) in [7, 11) is 0. The summed E-state index contributed by atoms with van der Waals surface area (Å²) in [6.45, 7) is 2.28. The Morgan fingerprint density at radius 1 is 1.19 bits per heavy atom. The standard InChI is InChI=1S/C26H30N2O3S/c1-18-17-32-26(27-18)15-25(30)28-22-11-8-19(9-12-22)13-20-7-10-21(14-20)24(29)16-31-23-5-3-2-4-6-23/h2-6,8-9,11-12,17,20-21,24,29H,7,10,13-16H2,1H3,(H,28,30)/t20-,21-,24+/m0/s1. The maximum Gasteiger partial charge on any atom is 0.231 e. The zero-order chi connectivity index (χ0) is 22.3. The van der Waals surface area contributed by atoms with Gasteiger partial charge in [0.25, 0.3) is 0 Å². The second-order valence-corrected chi connectivity index (χ2v) is 9.58. The van der Waals surface area contributed by atoms with Gasteiger partial charge in [0.1, 0.15) is 17.4 Å². The summed E-state index contributed by atoms with van der Waals surface area (Å²) in [5.41, 5.74) is 3.02. The van der Waals surface area contributed by atoms with E-state index in [1.54, 1.807) is 0 Å². The number of carbonyl (C=O) groups is 1. The molecule has 2 aromatic carbocycles. The average Bonchev–Trinajstić information content (AvgIpc) is 3.43. The molecular weight excluding hydrogens is 420 g/mol. The Balaban J connectivity index is 1.21. The fourth-order valence-corrected chi connectivity index (χ4v) is 5.14. The molecule has 2 N–H and O–H groups in total. The van der Waals surface area contributed by atoms with Crippen LogP contribution in [0.4, 0.5) is 5.69 Å². The number of aliphatic hydroxyl groups is 1. The number of benzene rings is 2. The van der Waals surface area contributed by atoms with Crippen LogP contribution in [0.15, 0.2) is 60.0 Å². The van der Waals surface area contributed by atoms with E-state index >= 15 is 0 Å². The first-order valence-electron chi connectivity index (χ1n) is 11.2. The number of anilines is 1. The highest BCUT2D eigenvalue weighted by Crippen LogP contribution is 2.35. The minimum atomic E-state index is -0.431. The summed E-state index contributed by atoms with van der Waals surface area (Å²) in [4.78, 5) is 16.6. The van der Waals surface area contributed by atoms with Crippen molar-refractivity contribution < 1.29 is 14.6 Å². The van der Waals surface area contributed by atoms with Gasteiger partial charge in [-0.25, -0.2) is 4.98 Å². The number of hydrogen-bond acceptors (Lipinski definition) is 5. The molecule has 4 rings (SSSR count). The number of rotatable bonds is 9. The molecule has 1 fully saturated rings. The molecule has 6 heteroatoms. The summed E-state index contributed by atoms with van der Waals surface area (Å²) in [5.74, 6) is 1.62. The van der Waals surface area contributed by atoms with E-state index in [0.29, 0.717) is 18.9 Å². The second kappa shape index (κ2) is 10.7. The van der Waals surface area contributed by atoms with Crippen LogP contribution in [0, 0.1) is 18.8 Å². The van der Waals surface area contributed by atoms with Crippen LogP contribution in [0.5, 0.6) is 5.75 Å². The van der Waals surface area contributed by atoms with E-state index in [1.807, 2.05) is 54.8 Å². The van der Waals surface area contributed by atoms with Gasteiger partial charge >= 0.3 is 0 Å². The molecule has 1 aromatic heterocycles. The lowest BCUT2D eigenvalue weighted by molar-refractivity contribution is -0.115. The molecule has 168 valence electrons. The minimum absolute atomic E-state index is 0.0440. The van der Waals surface area contributed by atoms with Crippen molar-refractivity contribution in [1.82, 2.24) is 4.98 Å². The van der Waals surface area contributed by atoms with Crippen molar-refractivity contribution in [3.05, 3.63) is 76.2 Å². The molecule has 1 amide bonds. The highest BCUT2D eigenvalue weighted by atomic mass is 32.1. The fourth-order valence-electron chi connectivity index (χ4n) is 4.37. The predicted molar refractivity (Wildman–Crippen MR) is 128 cm³/mol. The SMILES string of the molecule is Cc1csc(CC(=O)Nc2ccc(C[C@@H]3CC[C@H]([C@H](O)COc4ccccc4)C3)cc2)n1. The first-order chi connectivity index (χ1) is 15.5. The topological polar surface area (TPSA) is 71.5 Å². The van der Waals surface area contributed by atoms with Crippen molar-refractivity contribution in [2.75, 3.05) is 11.9 Å². The summed E-state index contributed by atoms with van der Waals surface area (Å²) >= 11 is 1.51. The number of carbonyl (C=O) groups excluding carboxylic acids is 1. The van der Waals surface area contributed by atoms with Crippen molar-refractivity contribution in [3.63, 3.8) is 0 Å². The Kier molecular flexibility index (Phi) is 7.55. The zero-order valence-corrected chi connectivity index (χ0v) is 19.2. The largest absolute Gasteiger partial charge is 0.491 e. The van der Waals surface area contributed by atoms with Gasteiger partial charge in [0.15, 0.2) is 0 Å². The van der Waals surface area contributed by atoms with Crippen LogP contribution in [0.2, 0.25) is 0 Å². The van der Waals surface area contributed by atoms with Crippen molar-refractivity contribution in [2.45, 2.75) is 45.1 Å². The molecular formula is C26H30N2O3S. The molecule has 0 bridgehead atoms. The lowest BCUT2D eigenvalue weighted by atomic mass is 9.95. The molecule has 5 nitrogen and oxygen atoms in total. The van der Waals surface area contributed by atoms with Crippen molar-refractivity contribution in [1.29, 1.82) is 0 Å². The first-order valence-corrected chi connectivity index (χ1v) is 12.1. The molecule has 3 aromatic rings. The van der Waals surface area contributed by atoms with Gasteiger partial charge < -0.3 is 15.2 Å². The monoisotopic (exact) mass is 450 g/mol. The molecule has 1 aliphatic carbocycles. The van der Waals surface area contributed by atoms with Gasteiger partial charge in [-0.15, -0.1) is 11.3 Å². The van der Waals surface area contributed by atoms with Crippen LogP contribution in [0.1, 0.15) is 35.5 Å². The van der Waals surface area contributed by atoms with Crippen LogP contribution in [0.25, 0.3) is 0 Å². The Morgan fingerprint density at radius 2 is 1.97 bits per heavy atom. The van der Waals surface area contributed by atoms with E-state index in [-0.39, 0.29) is 11.8 Å². The average molecular weight is 451 g/mol. The molecule has 1 aliphatic rings. The quantitative estimate of drug-likeness (QED) is 0.480. The molecule has 1 saturated carbocycles. The van der Waals surface area contributed by atoms with E-state index in [9.17, 15) is 9.90 Å². The van der Waals surface area contributed by atoms with Crippen LogP contribution >= 0.6 is 11.3 Å². The Labute approximate surface area is 193 Å². The number of thiazole rings is 1. The van der Waals surface area contributed by atoms with Crippen LogP contribution in [-0.4, -0.2) is 28.7 Å². The number of aromatic nitrogens is 1. The van der Waals surface area contributed by atoms with Gasteiger partial charge in [0, 0.05) is 16.8 Å². The molecule has 0 radical (unpaired) electrons. The van der Waals surface area contributed by atoms with Crippen molar-refractivity contribution in [2.24, 2.45) is 11.8 Å². The number of nitrogens with zero attached hydrogens (tertiary/aromatic N) is 1. The second-order valence-electron chi connectivity index (χ2n) is 8.64. The molecule has 32 heavy (non-hydrogen) atoms. The number of para-hydroxylation sites is 1. The third-order valence-electron chi connectivity index (χ3n) is 6.03. The van der Waals surface area contributed by atoms with E-state index in [0.717, 1.165) is 47.8 Å². The molecule has 0 spiro atoms. The number of nitrogens with one attached hydrogen (secondary N) is 1. The summed E-state index contributed by atoms with van der Waals surface area (Å²) < 4.78 is 5.73. The maximum atomic E-state index is 12.2. The maximum absolute atomic E-state index is 12.2. The van der Waals surface area contributed by atoms with Gasteiger partial charge in [-0.1, -0.05) is 30.3 Å². The van der Waals surface area contributed by atoms with Gasteiger partial charge in [-0.05, 0) is 74.3 Å². The molecule has 1 heterocycles. The highest BCUT2D eigenvalue weighted by molar-refractivity contribution is 7.09. The third-order valence-corrected chi connectivity index (χ3v) is 7.00. The number of aliphatic hydroxyl groups excluding tert-OH is 1. The van der Waals surface area contributed by atoms with Crippen LogP contribution < -0.4 is 10.1 Å². The fraction of sp³-hybridized carbons (Fsp3) is 0.385. The third kappa shape index (κ3) is 6.40. The summed E-state index contributed by atoms with van der Waals surface area (Å²) in [5, 5.41) is 16.3. The first kappa shape index (κ1) is 22.5. The molecule has 0 unspecified atom stereocenters. The molecule has 3 atom stereocenters. The van der Waals surface area contributed by atoms with E-state index < -0.39 is 6.10 Å². The summed E-state index contributed by atoms with van der Waals surface area (Å²) in [6.07, 6.45) is 4.05. The normalized spacial score (nSPS) is 18.9. The molecule has 0 aliphatic heterocycles. The highest BCUT2D eigenvalue weighted by Gasteiger charge is 2.30. The Morgan fingerprint density at radius 3 is 2.69 bits per heavy atom. The van der Waals surface area contributed by atoms with Crippen LogP contribution in [-0.2, 0) is 17.6 Å². The lowest BCUT2D eigenvalue weighted by Crippen LogP contribution is -2.25. The smallest absolute Gasteiger partial charge is 0.231 e. The Hall–Kier alpha value is -2.70. The van der Waals surface area contributed by atoms with Gasteiger partial charge in [-0.2, -0.15) is 0 Å². The minimum Gasteiger partial charge on any atom is -0.491 e. The van der Waals surface area contributed by atoms with E-state index in [2.05, 4.69) is 22.4 Å². The van der Waals surface area contributed by atoms with Gasteiger partial charge in [-0.3, -0.25) is 4.79 Å². The van der Waals surface area contributed by atoms with E-state index in [4.69, 9.17) is 4.74 Å². The number of aryl methyl sites for hydroxylation is 1. The zero-order valence-electron chi connectivity index (χ0n) is 18.4. The van der Waals surface area contributed by atoms with E-state index in [1.165, 1.54) is 16.9 Å². The van der Waals surface area contributed by atoms with Crippen molar-refractivity contribution in [3.8, 4) is 5.75 Å². The van der Waals surface area contributed by atoms with Gasteiger partial charge in [0.05, 0.1) is 12.5 Å². The predicted octanol–water partition coefficient (Wildman–Crippen LogP) is 5.03. The number of amides is 1. The summed E-state index contributed by atoms with van der Waals surface area (Å²) in [6, 6.07) is 17.8. The van der Waals surface area contributed by atoms with Crippen LogP contribution in [0.3, 0.4) is 0 Å². The number of ether oxygens (including phenoxy) is 1. The van der Waals surface area contributed by atoms with Crippen molar-refractivity contribution >= 4 is 22.9 Å². The number of hydrogen-bond donors (Lipinski definition) is 2. The molecule has 0 saturated heterocycles.